The van der Waals surface area contributed by atoms with Crippen molar-refractivity contribution in [1.29, 1.82) is 0 Å². The van der Waals surface area contributed by atoms with E-state index in [1.807, 2.05) is 30.3 Å². The van der Waals surface area contributed by atoms with Crippen LogP contribution in [0.3, 0.4) is 0 Å². The van der Waals surface area contributed by atoms with Crippen molar-refractivity contribution >= 4 is 23.7 Å². The number of rotatable bonds is 5. The highest BCUT2D eigenvalue weighted by atomic mass is 16.3. The first-order chi connectivity index (χ1) is 14.0. The van der Waals surface area contributed by atoms with E-state index in [1.165, 1.54) is 18.2 Å². The number of benzene rings is 1. The molecule has 1 fully saturated rings. The highest BCUT2D eigenvalue weighted by Gasteiger charge is 2.51. The van der Waals surface area contributed by atoms with Crippen molar-refractivity contribution in [3.63, 3.8) is 0 Å². The Morgan fingerprint density at radius 3 is 2.55 bits per heavy atom. The minimum Gasteiger partial charge on any atom is -0.467 e. The number of carbonyl (C=O) groups excluding carboxylic acids is 3. The molecule has 8 heteroatoms. The van der Waals surface area contributed by atoms with Crippen LogP contribution in [-0.4, -0.2) is 52.2 Å². The van der Waals surface area contributed by atoms with Crippen LogP contribution in [0.25, 0.3) is 0 Å². The third kappa shape index (κ3) is 3.33. The number of amidine groups is 1. The molecule has 0 spiro atoms. The summed E-state index contributed by atoms with van der Waals surface area (Å²) in [6.45, 7) is 0.590. The standard InChI is InChI=1S/C21H20N4O4/c1-23-19-16(20(27)24(2)21(23)28)11-17(18(26)22-12-15-9-6-10-29-15)25(19)13-14-7-4-3-5-8-14/h3-11,16H,12-13H2,1-2H3/p+1. The molecule has 4 amide bonds. The van der Waals surface area contributed by atoms with Gasteiger partial charge < -0.3 is 9.73 Å². The fourth-order valence-electron chi connectivity index (χ4n) is 3.61. The number of fused-ring (bicyclic) bond motifs is 1. The van der Waals surface area contributed by atoms with E-state index in [9.17, 15) is 14.4 Å². The van der Waals surface area contributed by atoms with Crippen LogP contribution in [-0.2, 0) is 22.7 Å². The Balaban J connectivity index is 1.70. The Bertz CT molecular complexity index is 1020. The van der Waals surface area contributed by atoms with Crippen LogP contribution in [0, 0.1) is 5.92 Å². The molecule has 1 atom stereocenters. The van der Waals surface area contributed by atoms with E-state index in [-0.39, 0.29) is 18.4 Å². The van der Waals surface area contributed by atoms with Crippen LogP contribution in [0.4, 0.5) is 4.79 Å². The molecule has 2 aliphatic heterocycles. The zero-order valence-electron chi connectivity index (χ0n) is 16.2. The van der Waals surface area contributed by atoms with Gasteiger partial charge in [0.15, 0.2) is 11.6 Å². The van der Waals surface area contributed by atoms with Gasteiger partial charge in [0.1, 0.15) is 12.3 Å². The van der Waals surface area contributed by atoms with Gasteiger partial charge >= 0.3 is 6.03 Å². The van der Waals surface area contributed by atoms with Crippen LogP contribution >= 0.6 is 0 Å². The quantitative estimate of drug-likeness (QED) is 0.781. The Kier molecular flexibility index (Phi) is 4.75. The molecule has 1 unspecified atom stereocenters. The number of urea groups is 1. The molecule has 8 nitrogen and oxygen atoms in total. The van der Waals surface area contributed by atoms with E-state index in [4.69, 9.17) is 4.42 Å². The van der Waals surface area contributed by atoms with Gasteiger partial charge in [0.05, 0.1) is 19.9 Å². The third-order valence-corrected chi connectivity index (χ3v) is 5.10. The number of hydrogen-bond acceptors (Lipinski definition) is 4. The first-order valence-corrected chi connectivity index (χ1v) is 9.23. The fraction of sp³-hybridized carbons (Fsp3) is 0.238. The van der Waals surface area contributed by atoms with E-state index < -0.39 is 11.9 Å². The molecule has 1 N–H and O–H groups in total. The van der Waals surface area contributed by atoms with Gasteiger partial charge in [-0.1, -0.05) is 30.3 Å². The van der Waals surface area contributed by atoms with Gasteiger partial charge in [-0.2, -0.15) is 4.90 Å². The highest BCUT2D eigenvalue weighted by Crippen LogP contribution is 2.27. The van der Waals surface area contributed by atoms with Crippen molar-refractivity contribution in [3.8, 4) is 0 Å². The zero-order chi connectivity index (χ0) is 20.5. The number of nitrogens with one attached hydrogen (secondary N) is 1. The summed E-state index contributed by atoms with van der Waals surface area (Å²) in [7, 11) is 3.06. The molecule has 29 heavy (non-hydrogen) atoms. The smallest absolute Gasteiger partial charge is 0.417 e. The molecule has 148 valence electrons. The summed E-state index contributed by atoms with van der Waals surface area (Å²) in [6.07, 6.45) is 3.16. The SMILES string of the molecule is CN1C(=O)C2C=C(C(=O)NCc3ccco3)[N+](Cc3ccccc3)=C2N(C)C1=O. The average molecular weight is 393 g/mol. The van der Waals surface area contributed by atoms with Gasteiger partial charge in [-0.3, -0.25) is 9.59 Å². The summed E-state index contributed by atoms with van der Waals surface area (Å²) < 4.78 is 7.00. The Labute approximate surface area is 167 Å². The van der Waals surface area contributed by atoms with E-state index >= 15 is 0 Å². The lowest BCUT2D eigenvalue weighted by atomic mass is 10.0. The average Bonchev–Trinajstić information content (AvgIpc) is 3.38. The fourth-order valence-corrected chi connectivity index (χ4v) is 3.61. The highest BCUT2D eigenvalue weighted by molar-refractivity contribution is 6.19. The van der Waals surface area contributed by atoms with Crippen molar-refractivity contribution < 1.29 is 23.4 Å². The van der Waals surface area contributed by atoms with Gasteiger partial charge in [-0.15, -0.1) is 0 Å². The van der Waals surface area contributed by atoms with Crippen molar-refractivity contribution in [2.75, 3.05) is 14.1 Å². The molecule has 0 saturated carbocycles. The van der Waals surface area contributed by atoms with Gasteiger partial charge in [0.25, 0.3) is 17.6 Å². The number of nitrogens with zero attached hydrogens (tertiary/aromatic N) is 3. The number of amides is 4. The second kappa shape index (κ2) is 7.38. The van der Waals surface area contributed by atoms with Gasteiger partial charge in [0.2, 0.25) is 0 Å². The van der Waals surface area contributed by atoms with Crippen molar-refractivity contribution in [2.24, 2.45) is 5.92 Å². The third-order valence-electron chi connectivity index (χ3n) is 5.10. The first-order valence-electron chi connectivity index (χ1n) is 9.23. The summed E-state index contributed by atoms with van der Waals surface area (Å²) in [5, 5.41) is 2.82. The van der Waals surface area contributed by atoms with Crippen LogP contribution in [0.15, 0.2) is 64.9 Å². The normalized spacial score (nSPS) is 18.8. The van der Waals surface area contributed by atoms with Crippen molar-refractivity contribution in [3.05, 3.63) is 71.8 Å². The summed E-state index contributed by atoms with van der Waals surface area (Å²) in [4.78, 5) is 40.7. The molecule has 1 aromatic carbocycles. The maximum Gasteiger partial charge on any atom is 0.417 e. The first kappa shape index (κ1) is 18.7. The second-order valence-electron chi connectivity index (χ2n) is 6.96. The molecule has 1 saturated heterocycles. The summed E-state index contributed by atoms with van der Waals surface area (Å²) in [5.74, 6) is -0.258. The molecule has 1 aromatic heterocycles. The van der Waals surface area contributed by atoms with Crippen molar-refractivity contribution in [1.82, 2.24) is 15.1 Å². The monoisotopic (exact) mass is 393 g/mol. The van der Waals surface area contributed by atoms with Gasteiger partial charge in [0, 0.05) is 7.05 Å². The number of carbonyl (C=O) groups is 3. The molecule has 2 aromatic rings. The second-order valence-corrected chi connectivity index (χ2v) is 6.96. The molecule has 0 bridgehead atoms. The molecule has 4 rings (SSSR count). The molecular formula is C21H21N4O4+. The molecule has 0 radical (unpaired) electrons. The van der Waals surface area contributed by atoms with Gasteiger partial charge in [-0.05, 0) is 23.8 Å². The molecule has 2 aliphatic rings. The Morgan fingerprint density at radius 2 is 1.86 bits per heavy atom. The molecule has 0 aliphatic carbocycles. The predicted molar refractivity (Wildman–Crippen MR) is 103 cm³/mol. The number of imide groups is 1. The molecular weight excluding hydrogens is 372 g/mol. The van der Waals surface area contributed by atoms with E-state index in [0.717, 1.165) is 10.5 Å². The van der Waals surface area contributed by atoms with Gasteiger partial charge in [-0.25, -0.2) is 14.3 Å². The zero-order valence-corrected chi connectivity index (χ0v) is 16.2. The Morgan fingerprint density at radius 1 is 1.10 bits per heavy atom. The maximum atomic E-state index is 13.0. The largest absolute Gasteiger partial charge is 0.467 e. The van der Waals surface area contributed by atoms with Crippen LogP contribution < -0.4 is 5.32 Å². The van der Waals surface area contributed by atoms with Crippen LogP contribution in [0.2, 0.25) is 0 Å². The summed E-state index contributed by atoms with van der Waals surface area (Å²) in [6, 6.07) is 12.7. The lowest BCUT2D eigenvalue weighted by Gasteiger charge is -2.27. The predicted octanol–water partition coefficient (Wildman–Crippen LogP) is 1.54. The van der Waals surface area contributed by atoms with Crippen molar-refractivity contribution in [2.45, 2.75) is 13.1 Å². The van der Waals surface area contributed by atoms with E-state index in [0.29, 0.717) is 23.8 Å². The minimum absolute atomic E-state index is 0.227. The van der Waals surface area contributed by atoms with E-state index in [1.54, 1.807) is 29.8 Å². The minimum atomic E-state index is -0.684. The maximum absolute atomic E-state index is 13.0. The summed E-state index contributed by atoms with van der Waals surface area (Å²) in [5.41, 5.74) is 1.29. The number of hydrogen-bond donors (Lipinski definition) is 1. The van der Waals surface area contributed by atoms with E-state index in [2.05, 4.69) is 5.32 Å². The topological polar surface area (TPSA) is 85.9 Å². The Hall–Kier alpha value is -3.68. The summed E-state index contributed by atoms with van der Waals surface area (Å²) >= 11 is 0. The molecule has 3 heterocycles. The lowest BCUT2D eigenvalue weighted by Crippen LogP contribution is -2.57. The van der Waals surface area contributed by atoms with Crippen LogP contribution in [0.1, 0.15) is 11.3 Å². The number of furan rings is 1. The lowest BCUT2D eigenvalue weighted by molar-refractivity contribution is -0.490. The van der Waals surface area contributed by atoms with Crippen LogP contribution in [0.5, 0.6) is 0 Å².